The number of nitrogens with one attached hydrogen (secondary N) is 1. The number of rotatable bonds is 6. The molecule has 4 rings (SSSR count). The van der Waals surface area contributed by atoms with Gasteiger partial charge in [-0.1, -0.05) is 29.8 Å². The molecule has 0 saturated heterocycles. The Balaban J connectivity index is 1.67. The van der Waals surface area contributed by atoms with E-state index in [9.17, 15) is 4.79 Å². The lowest BCUT2D eigenvalue weighted by atomic mass is 10.1. The zero-order valence-corrected chi connectivity index (χ0v) is 17.9. The van der Waals surface area contributed by atoms with Gasteiger partial charge >= 0.3 is 0 Å². The Kier molecular flexibility index (Phi) is 6.00. The van der Waals surface area contributed by atoms with Gasteiger partial charge in [-0.3, -0.25) is 9.78 Å². The van der Waals surface area contributed by atoms with Gasteiger partial charge in [-0.15, -0.1) is 0 Å². The molecule has 1 amide bonds. The fraction of sp³-hybridized carbons (Fsp3) is 0.125. The monoisotopic (exact) mass is 432 g/mol. The van der Waals surface area contributed by atoms with Crippen LogP contribution in [0, 0.1) is 0 Å². The molecule has 0 spiro atoms. The molecule has 156 valence electrons. The number of anilines is 1. The van der Waals surface area contributed by atoms with Gasteiger partial charge in [-0.25, -0.2) is 4.68 Å². The van der Waals surface area contributed by atoms with Crippen molar-refractivity contribution in [3.63, 3.8) is 0 Å². The normalized spacial score (nSPS) is 10.8. The van der Waals surface area contributed by atoms with Gasteiger partial charge < -0.3 is 10.1 Å². The molecular formula is C24H21ClN4O2. The van der Waals surface area contributed by atoms with Crippen LogP contribution in [0.2, 0.25) is 5.02 Å². The van der Waals surface area contributed by atoms with Crippen molar-refractivity contribution < 1.29 is 9.53 Å². The molecule has 31 heavy (non-hydrogen) atoms. The number of aromatic nitrogens is 3. The van der Waals surface area contributed by atoms with Crippen molar-refractivity contribution in [1.82, 2.24) is 14.8 Å². The number of hydrogen-bond donors (Lipinski definition) is 1. The van der Waals surface area contributed by atoms with E-state index in [1.165, 1.54) is 0 Å². The highest BCUT2D eigenvalue weighted by Gasteiger charge is 2.19. The zero-order chi connectivity index (χ0) is 21.8. The first-order valence-corrected chi connectivity index (χ1v) is 10.2. The van der Waals surface area contributed by atoms with E-state index in [0.29, 0.717) is 27.7 Å². The molecule has 1 N–H and O–H groups in total. The van der Waals surface area contributed by atoms with E-state index in [-0.39, 0.29) is 12.0 Å². The number of carbonyl (C=O) groups excluding carboxylic acids is 1. The topological polar surface area (TPSA) is 69.0 Å². The largest absolute Gasteiger partial charge is 0.489 e. The molecule has 0 aliphatic heterocycles. The van der Waals surface area contributed by atoms with E-state index < -0.39 is 0 Å². The van der Waals surface area contributed by atoms with Crippen molar-refractivity contribution in [2.24, 2.45) is 0 Å². The first kappa shape index (κ1) is 20.6. The lowest BCUT2D eigenvalue weighted by Gasteiger charge is -2.12. The van der Waals surface area contributed by atoms with Crippen molar-refractivity contribution in [1.29, 1.82) is 0 Å². The highest BCUT2D eigenvalue weighted by molar-refractivity contribution is 6.32. The Morgan fingerprint density at radius 2 is 1.90 bits per heavy atom. The standard InChI is InChI=1S/C24H21ClN4O2/c1-16(2)31-22-11-10-18(13-21(22)25)27-24(30)20-15-29(19-8-4-3-5-9-19)28-23(20)17-7-6-12-26-14-17/h3-16H,1-2H3,(H,27,30). The van der Waals surface area contributed by atoms with Crippen molar-refractivity contribution in [3.05, 3.63) is 89.8 Å². The van der Waals surface area contributed by atoms with Crippen molar-refractivity contribution in [2.45, 2.75) is 20.0 Å². The number of nitrogens with zero attached hydrogens (tertiary/aromatic N) is 3. The van der Waals surface area contributed by atoms with Crippen LogP contribution in [0.15, 0.2) is 79.3 Å². The number of amides is 1. The minimum Gasteiger partial charge on any atom is -0.489 e. The summed E-state index contributed by atoms with van der Waals surface area (Å²) in [4.78, 5) is 17.3. The van der Waals surface area contributed by atoms with Crippen LogP contribution < -0.4 is 10.1 Å². The molecule has 0 aliphatic carbocycles. The minimum absolute atomic E-state index is 0.00352. The molecule has 0 fully saturated rings. The Labute approximate surface area is 185 Å². The van der Waals surface area contributed by atoms with Gasteiger partial charge in [0.1, 0.15) is 11.4 Å². The van der Waals surface area contributed by atoms with Gasteiger partial charge in [0.15, 0.2) is 0 Å². The third-order valence-electron chi connectivity index (χ3n) is 4.47. The maximum atomic E-state index is 13.2. The lowest BCUT2D eigenvalue weighted by molar-refractivity contribution is 0.102. The first-order valence-electron chi connectivity index (χ1n) is 9.84. The van der Waals surface area contributed by atoms with Crippen LogP contribution in [0.3, 0.4) is 0 Å². The number of carbonyl (C=O) groups is 1. The fourth-order valence-corrected chi connectivity index (χ4v) is 3.32. The van der Waals surface area contributed by atoms with Crippen LogP contribution in [0.25, 0.3) is 16.9 Å². The molecule has 0 aliphatic rings. The Morgan fingerprint density at radius 3 is 2.58 bits per heavy atom. The van der Waals surface area contributed by atoms with Crippen LogP contribution in [-0.4, -0.2) is 26.8 Å². The number of para-hydroxylation sites is 1. The van der Waals surface area contributed by atoms with Crippen LogP contribution in [0.5, 0.6) is 5.75 Å². The highest BCUT2D eigenvalue weighted by Crippen LogP contribution is 2.29. The molecule has 0 atom stereocenters. The summed E-state index contributed by atoms with van der Waals surface area (Å²) in [5.74, 6) is 0.275. The third-order valence-corrected chi connectivity index (χ3v) is 4.76. The van der Waals surface area contributed by atoms with Gasteiger partial charge in [-0.2, -0.15) is 5.10 Å². The number of halogens is 1. The van der Waals surface area contributed by atoms with Gasteiger partial charge in [0.2, 0.25) is 0 Å². The predicted molar refractivity (Wildman–Crippen MR) is 122 cm³/mol. The van der Waals surface area contributed by atoms with Crippen LogP contribution in [0.4, 0.5) is 5.69 Å². The van der Waals surface area contributed by atoms with Crippen molar-refractivity contribution in [3.8, 4) is 22.7 Å². The van der Waals surface area contributed by atoms with E-state index in [1.807, 2.05) is 56.3 Å². The second-order valence-corrected chi connectivity index (χ2v) is 7.59. The quantitative estimate of drug-likeness (QED) is 0.429. The molecule has 0 unspecified atom stereocenters. The molecule has 6 nitrogen and oxygen atoms in total. The first-order chi connectivity index (χ1) is 15.0. The van der Waals surface area contributed by atoms with E-state index in [4.69, 9.17) is 16.3 Å². The van der Waals surface area contributed by atoms with Crippen LogP contribution in [-0.2, 0) is 0 Å². The van der Waals surface area contributed by atoms with Crippen molar-refractivity contribution >= 4 is 23.2 Å². The molecule has 0 bridgehead atoms. The molecule has 2 heterocycles. The van der Waals surface area contributed by atoms with Gasteiger partial charge in [-0.05, 0) is 56.3 Å². The van der Waals surface area contributed by atoms with E-state index in [2.05, 4.69) is 15.4 Å². The summed E-state index contributed by atoms with van der Waals surface area (Å²) < 4.78 is 7.34. The summed E-state index contributed by atoms with van der Waals surface area (Å²) in [6.45, 7) is 3.85. The summed E-state index contributed by atoms with van der Waals surface area (Å²) in [5.41, 5.74) is 3.14. The second kappa shape index (κ2) is 9.02. The Morgan fingerprint density at radius 1 is 1.10 bits per heavy atom. The number of ether oxygens (including phenoxy) is 1. The van der Waals surface area contributed by atoms with Gasteiger partial charge in [0.25, 0.3) is 5.91 Å². The molecule has 7 heteroatoms. The van der Waals surface area contributed by atoms with Crippen LogP contribution >= 0.6 is 11.6 Å². The SMILES string of the molecule is CC(C)Oc1ccc(NC(=O)c2cn(-c3ccccc3)nc2-c2cccnc2)cc1Cl. The smallest absolute Gasteiger partial charge is 0.259 e. The average molecular weight is 433 g/mol. The molecule has 0 saturated carbocycles. The lowest BCUT2D eigenvalue weighted by Crippen LogP contribution is -2.12. The Hall–Kier alpha value is -3.64. The summed E-state index contributed by atoms with van der Waals surface area (Å²) in [7, 11) is 0. The Bertz CT molecular complexity index is 1190. The second-order valence-electron chi connectivity index (χ2n) is 7.18. The minimum atomic E-state index is -0.297. The number of benzene rings is 2. The molecular weight excluding hydrogens is 412 g/mol. The predicted octanol–water partition coefficient (Wildman–Crippen LogP) is 5.63. The average Bonchev–Trinajstić information content (AvgIpc) is 3.22. The van der Waals surface area contributed by atoms with Gasteiger partial charge in [0.05, 0.1) is 22.4 Å². The summed E-state index contributed by atoms with van der Waals surface area (Å²) in [6.07, 6.45) is 5.08. The zero-order valence-electron chi connectivity index (χ0n) is 17.1. The number of hydrogen-bond acceptors (Lipinski definition) is 4. The summed E-state index contributed by atoms with van der Waals surface area (Å²) in [6, 6.07) is 18.5. The maximum Gasteiger partial charge on any atom is 0.259 e. The molecule has 0 radical (unpaired) electrons. The maximum absolute atomic E-state index is 13.2. The van der Waals surface area contributed by atoms with Gasteiger partial charge in [0, 0.05) is 29.8 Å². The van der Waals surface area contributed by atoms with E-state index >= 15 is 0 Å². The third kappa shape index (κ3) is 4.75. The number of pyridine rings is 1. The highest BCUT2D eigenvalue weighted by atomic mass is 35.5. The van der Waals surface area contributed by atoms with E-state index in [0.717, 1.165) is 11.3 Å². The molecule has 2 aromatic carbocycles. The molecule has 2 aromatic heterocycles. The van der Waals surface area contributed by atoms with Crippen molar-refractivity contribution in [2.75, 3.05) is 5.32 Å². The van der Waals surface area contributed by atoms with E-state index in [1.54, 1.807) is 41.5 Å². The fourth-order valence-electron chi connectivity index (χ4n) is 3.10. The van der Waals surface area contributed by atoms with Crippen LogP contribution in [0.1, 0.15) is 24.2 Å². The molecule has 4 aromatic rings. The summed E-state index contributed by atoms with van der Waals surface area (Å²) >= 11 is 6.31. The summed E-state index contributed by atoms with van der Waals surface area (Å²) in [5, 5.41) is 7.98.